The van der Waals surface area contributed by atoms with E-state index in [1.54, 1.807) is 6.20 Å². The minimum Gasteiger partial charge on any atom is -0.456 e. The van der Waals surface area contributed by atoms with E-state index in [2.05, 4.69) is 20.9 Å². The van der Waals surface area contributed by atoms with Crippen LogP contribution in [0.1, 0.15) is 49.5 Å². The maximum Gasteiger partial charge on any atom is 0.340 e. The number of esters is 1. The molecular formula is C13H18BrNO2. The van der Waals surface area contributed by atoms with Gasteiger partial charge in [0.1, 0.15) is 5.60 Å². The summed E-state index contributed by atoms with van der Waals surface area (Å²) in [6, 6.07) is 0. The van der Waals surface area contributed by atoms with Crippen molar-refractivity contribution in [3.63, 3.8) is 0 Å². The minimum atomic E-state index is -0.447. The van der Waals surface area contributed by atoms with Crippen LogP contribution in [0.25, 0.3) is 0 Å². The molecule has 0 atom stereocenters. The third kappa shape index (κ3) is 3.35. The molecule has 3 nitrogen and oxygen atoms in total. The minimum absolute atomic E-state index is 0.241. The highest BCUT2D eigenvalue weighted by molar-refractivity contribution is 9.10. The Morgan fingerprint density at radius 3 is 2.71 bits per heavy atom. The second-order valence-electron chi connectivity index (χ2n) is 5.64. The number of aromatic amines is 1. The highest BCUT2D eigenvalue weighted by Crippen LogP contribution is 2.36. The molecule has 1 N–H and O–H groups in total. The van der Waals surface area contributed by atoms with E-state index >= 15 is 0 Å². The number of rotatable bonds is 3. The Bertz CT molecular complexity index is 427. The molecule has 0 unspecified atom stereocenters. The van der Waals surface area contributed by atoms with Gasteiger partial charge in [0, 0.05) is 6.20 Å². The van der Waals surface area contributed by atoms with E-state index in [4.69, 9.17) is 4.74 Å². The Labute approximate surface area is 110 Å². The van der Waals surface area contributed by atoms with Crippen LogP contribution in [0.5, 0.6) is 0 Å². The fourth-order valence-electron chi connectivity index (χ4n) is 1.75. The van der Waals surface area contributed by atoms with E-state index in [-0.39, 0.29) is 5.97 Å². The van der Waals surface area contributed by atoms with Crippen LogP contribution in [0.3, 0.4) is 0 Å². The van der Waals surface area contributed by atoms with Gasteiger partial charge in [0.25, 0.3) is 0 Å². The first kappa shape index (κ1) is 12.7. The molecular weight excluding hydrogens is 282 g/mol. The number of halogens is 1. The highest BCUT2D eigenvalue weighted by atomic mass is 79.9. The van der Waals surface area contributed by atoms with Crippen LogP contribution in [-0.4, -0.2) is 16.6 Å². The first-order valence-corrected chi connectivity index (χ1v) is 6.75. The second-order valence-corrected chi connectivity index (χ2v) is 6.44. The van der Waals surface area contributed by atoms with E-state index in [0.717, 1.165) is 22.5 Å². The largest absolute Gasteiger partial charge is 0.456 e. The molecule has 1 saturated carbocycles. The molecule has 1 aromatic heterocycles. The molecule has 1 fully saturated rings. The van der Waals surface area contributed by atoms with E-state index < -0.39 is 5.60 Å². The summed E-state index contributed by atoms with van der Waals surface area (Å²) in [4.78, 5) is 15.1. The SMILES string of the molecule is CC(C)(C)OC(=O)c1c[nH]c(Br)c1CC1CC1. The van der Waals surface area contributed by atoms with Crippen LogP contribution in [0.2, 0.25) is 0 Å². The zero-order valence-electron chi connectivity index (χ0n) is 10.5. The molecule has 1 aromatic rings. The summed E-state index contributed by atoms with van der Waals surface area (Å²) in [6.07, 6.45) is 5.23. The number of nitrogens with one attached hydrogen (secondary N) is 1. The quantitative estimate of drug-likeness (QED) is 0.865. The Morgan fingerprint density at radius 1 is 1.53 bits per heavy atom. The molecule has 0 aliphatic heterocycles. The summed E-state index contributed by atoms with van der Waals surface area (Å²) in [5, 5.41) is 0. The Hall–Kier alpha value is -0.770. The zero-order chi connectivity index (χ0) is 12.6. The lowest BCUT2D eigenvalue weighted by Crippen LogP contribution is -2.24. The highest BCUT2D eigenvalue weighted by Gasteiger charge is 2.28. The number of H-pyrrole nitrogens is 1. The fourth-order valence-corrected chi connectivity index (χ4v) is 2.24. The molecule has 0 aromatic carbocycles. The standard InChI is InChI=1S/C13H18BrNO2/c1-13(2,3)17-12(16)10-7-15-11(14)9(10)6-8-4-5-8/h7-8,15H,4-6H2,1-3H3. The van der Waals surface area contributed by atoms with Crippen LogP contribution >= 0.6 is 15.9 Å². The molecule has 1 aliphatic rings. The predicted octanol–water partition coefficient (Wildman–Crippen LogP) is 3.69. The van der Waals surface area contributed by atoms with Crippen molar-refractivity contribution in [3.05, 3.63) is 21.9 Å². The number of ether oxygens (including phenoxy) is 1. The number of hydrogen-bond acceptors (Lipinski definition) is 2. The van der Waals surface area contributed by atoms with Gasteiger partial charge >= 0.3 is 5.97 Å². The Kier molecular flexibility index (Phi) is 3.34. The topological polar surface area (TPSA) is 42.1 Å². The van der Waals surface area contributed by atoms with E-state index in [0.29, 0.717) is 5.56 Å². The van der Waals surface area contributed by atoms with Crippen LogP contribution in [0.4, 0.5) is 0 Å². The summed E-state index contributed by atoms with van der Waals surface area (Å²) in [7, 11) is 0. The van der Waals surface area contributed by atoms with Crippen molar-refractivity contribution < 1.29 is 9.53 Å². The molecule has 4 heteroatoms. The van der Waals surface area contributed by atoms with Crippen LogP contribution in [0.15, 0.2) is 10.8 Å². The predicted molar refractivity (Wildman–Crippen MR) is 70.1 cm³/mol. The van der Waals surface area contributed by atoms with E-state index in [9.17, 15) is 4.79 Å². The molecule has 0 radical (unpaired) electrons. The molecule has 0 bridgehead atoms. The number of hydrogen-bond donors (Lipinski definition) is 1. The third-order valence-corrected chi connectivity index (χ3v) is 3.45. The molecule has 1 aliphatic carbocycles. The third-order valence-electron chi connectivity index (χ3n) is 2.74. The van der Waals surface area contributed by atoms with Gasteiger partial charge in [-0.15, -0.1) is 0 Å². The van der Waals surface area contributed by atoms with Crippen molar-refractivity contribution in [2.75, 3.05) is 0 Å². The number of carbonyl (C=O) groups excluding carboxylic acids is 1. The summed E-state index contributed by atoms with van der Waals surface area (Å²) in [5.41, 5.74) is 1.28. The second kappa shape index (κ2) is 4.48. The van der Waals surface area contributed by atoms with Crippen LogP contribution in [0, 0.1) is 5.92 Å². The Balaban J connectivity index is 2.16. The number of carbonyl (C=O) groups is 1. The summed E-state index contributed by atoms with van der Waals surface area (Å²) >= 11 is 3.46. The van der Waals surface area contributed by atoms with Crippen molar-refractivity contribution in [2.45, 2.75) is 45.6 Å². The molecule has 1 heterocycles. The van der Waals surface area contributed by atoms with Gasteiger partial charge in [-0.1, -0.05) is 0 Å². The maximum atomic E-state index is 12.0. The van der Waals surface area contributed by atoms with Gasteiger partial charge in [0.05, 0.1) is 10.2 Å². The van der Waals surface area contributed by atoms with Crippen molar-refractivity contribution in [1.82, 2.24) is 4.98 Å². The summed E-state index contributed by atoms with van der Waals surface area (Å²) in [6.45, 7) is 5.65. The monoisotopic (exact) mass is 299 g/mol. The average molecular weight is 300 g/mol. The molecule has 2 rings (SSSR count). The lowest BCUT2D eigenvalue weighted by Gasteiger charge is -2.19. The zero-order valence-corrected chi connectivity index (χ0v) is 12.1. The van der Waals surface area contributed by atoms with Gasteiger partial charge in [-0.3, -0.25) is 0 Å². The average Bonchev–Trinajstić information content (AvgIpc) is 2.90. The first-order chi connectivity index (χ1) is 7.87. The fraction of sp³-hybridized carbons (Fsp3) is 0.615. The first-order valence-electron chi connectivity index (χ1n) is 5.96. The van der Waals surface area contributed by atoms with Crippen molar-refractivity contribution in [2.24, 2.45) is 5.92 Å². The summed E-state index contributed by atoms with van der Waals surface area (Å²) in [5.74, 6) is 0.499. The van der Waals surface area contributed by atoms with Gasteiger partial charge in [-0.2, -0.15) is 0 Å². The lowest BCUT2D eigenvalue weighted by molar-refractivity contribution is 0.00686. The van der Waals surface area contributed by atoms with Gasteiger partial charge in [0.15, 0.2) is 0 Å². The lowest BCUT2D eigenvalue weighted by atomic mass is 10.1. The van der Waals surface area contributed by atoms with Crippen molar-refractivity contribution in [3.8, 4) is 0 Å². The van der Waals surface area contributed by atoms with E-state index in [1.165, 1.54) is 12.8 Å². The van der Waals surface area contributed by atoms with Gasteiger partial charge in [-0.25, -0.2) is 4.79 Å². The smallest absolute Gasteiger partial charge is 0.340 e. The van der Waals surface area contributed by atoms with Crippen molar-refractivity contribution in [1.29, 1.82) is 0 Å². The molecule has 17 heavy (non-hydrogen) atoms. The summed E-state index contributed by atoms with van der Waals surface area (Å²) < 4.78 is 6.31. The van der Waals surface area contributed by atoms with Crippen molar-refractivity contribution >= 4 is 21.9 Å². The van der Waals surface area contributed by atoms with Gasteiger partial charge in [-0.05, 0) is 67.4 Å². The molecule has 0 spiro atoms. The van der Waals surface area contributed by atoms with E-state index in [1.807, 2.05) is 20.8 Å². The normalized spacial score (nSPS) is 16.0. The van der Waals surface area contributed by atoms with Crippen LogP contribution < -0.4 is 0 Å². The molecule has 0 saturated heterocycles. The van der Waals surface area contributed by atoms with Crippen LogP contribution in [-0.2, 0) is 11.2 Å². The Morgan fingerprint density at radius 2 is 2.18 bits per heavy atom. The molecule has 94 valence electrons. The molecule has 0 amide bonds. The maximum absolute atomic E-state index is 12.0. The number of aromatic nitrogens is 1. The van der Waals surface area contributed by atoms with Gasteiger partial charge in [0.2, 0.25) is 0 Å². The van der Waals surface area contributed by atoms with Gasteiger partial charge < -0.3 is 9.72 Å².